The standard InChI is InChI=1S/C15H17FN4/c1-10-6-12(16)7-13-14(10)19-9-11(8-17)15(13)18-4-5-20(2)3/h6-7,9H,4-5H2,1-3H3,(H,18,19). The number of benzene rings is 1. The highest BCUT2D eigenvalue weighted by molar-refractivity contribution is 5.95. The molecule has 0 aliphatic carbocycles. The Balaban J connectivity index is 2.51. The van der Waals surface area contributed by atoms with Crippen molar-refractivity contribution in [1.82, 2.24) is 9.88 Å². The Morgan fingerprint density at radius 2 is 2.15 bits per heavy atom. The van der Waals surface area contributed by atoms with Gasteiger partial charge >= 0.3 is 0 Å². The molecule has 0 saturated carbocycles. The second-order valence-corrected chi connectivity index (χ2v) is 5.01. The van der Waals surface area contributed by atoms with Crippen LogP contribution in [0.15, 0.2) is 18.3 Å². The summed E-state index contributed by atoms with van der Waals surface area (Å²) in [6.07, 6.45) is 1.53. The third-order valence-corrected chi connectivity index (χ3v) is 3.11. The molecule has 4 nitrogen and oxygen atoms in total. The maximum absolute atomic E-state index is 13.6. The van der Waals surface area contributed by atoms with Crippen LogP contribution in [0.25, 0.3) is 10.9 Å². The van der Waals surface area contributed by atoms with Crippen LogP contribution in [0.4, 0.5) is 10.1 Å². The molecule has 1 aromatic carbocycles. The van der Waals surface area contributed by atoms with E-state index in [1.165, 1.54) is 18.3 Å². The van der Waals surface area contributed by atoms with Crippen molar-refractivity contribution in [3.63, 3.8) is 0 Å². The van der Waals surface area contributed by atoms with Gasteiger partial charge in [0.1, 0.15) is 11.9 Å². The van der Waals surface area contributed by atoms with Crippen LogP contribution >= 0.6 is 0 Å². The minimum atomic E-state index is -0.317. The first-order valence-electron chi connectivity index (χ1n) is 6.40. The largest absolute Gasteiger partial charge is 0.382 e. The molecular weight excluding hydrogens is 255 g/mol. The summed E-state index contributed by atoms with van der Waals surface area (Å²) in [5.74, 6) is -0.317. The van der Waals surface area contributed by atoms with E-state index in [1.807, 2.05) is 25.9 Å². The van der Waals surface area contributed by atoms with Crippen LogP contribution < -0.4 is 5.32 Å². The van der Waals surface area contributed by atoms with E-state index >= 15 is 0 Å². The predicted octanol–water partition coefficient (Wildman–Crippen LogP) is 2.53. The zero-order chi connectivity index (χ0) is 14.7. The molecule has 0 aliphatic heterocycles. The molecule has 2 rings (SSSR count). The first-order valence-corrected chi connectivity index (χ1v) is 6.40. The molecule has 1 N–H and O–H groups in total. The van der Waals surface area contributed by atoms with Gasteiger partial charge in [-0.3, -0.25) is 4.98 Å². The number of aromatic nitrogens is 1. The van der Waals surface area contributed by atoms with Gasteiger partial charge in [-0.25, -0.2) is 4.39 Å². The summed E-state index contributed by atoms with van der Waals surface area (Å²) in [4.78, 5) is 6.29. The van der Waals surface area contributed by atoms with Crippen LogP contribution in [-0.4, -0.2) is 37.1 Å². The van der Waals surface area contributed by atoms with Crippen LogP contribution in [-0.2, 0) is 0 Å². The molecule has 0 aliphatic rings. The number of nitrogens with zero attached hydrogens (tertiary/aromatic N) is 3. The minimum absolute atomic E-state index is 0.317. The van der Waals surface area contributed by atoms with Gasteiger partial charge in [-0.1, -0.05) is 0 Å². The van der Waals surface area contributed by atoms with E-state index in [0.29, 0.717) is 23.2 Å². The van der Waals surface area contributed by atoms with E-state index in [9.17, 15) is 9.65 Å². The lowest BCUT2D eigenvalue weighted by molar-refractivity contribution is 0.425. The van der Waals surface area contributed by atoms with Gasteiger partial charge in [0.15, 0.2) is 0 Å². The number of rotatable bonds is 4. The molecule has 5 heteroatoms. The van der Waals surface area contributed by atoms with Gasteiger partial charge in [0.25, 0.3) is 0 Å². The molecule has 0 spiro atoms. The van der Waals surface area contributed by atoms with Crippen LogP contribution in [0.5, 0.6) is 0 Å². The highest BCUT2D eigenvalue weighted by Gasteiger charge is 2.11. The summed E-state index contributed by atoms with van der Waals surface area (Å²) < 4.78 is 13.6. The number of pyridine rings is 1. The highest BCUT2D eigenvalue weighted by atomic mass is 19.1. The molecule has 0 saturated heterocycles. The average molecular weight is 272 g/mol. The van der Waals surface area contributed by atoms with E-state index < -0.39 is 0 Å². The highest BCUT2D eigenvalue weighted by Crippen LogP contribution is 2.28. The SMILES string of the molecule is Cc1cc(F)cc2c(NCCN(C)C)c(C#N)cnc12. The van der Waals surface area contributed by atoms with Crippen LogP contribution in [0.1, 0.15) is 11.1 Å². The summed E-state index contributed by atoms with van der Waals surface area (Å²) in [5, 5.41) is 13.1. The molecule has 1 heterocycles. The normalized spacial score (nSPS) is 10.8. The lowest BCUT2D eigenvalue weighted by Gasteiger charge is -2.14. The Morgan fingerprint density at radius 3 is 2.80 bits per heavy atom. The summed E-state index contributed by atoms with van der Waals surface area (Å²) in [5.41, 5.74) is 2.57. The number of hydrogen-bond acceptors (Lipinski definition) is 4. The Hall–Kier alpha value is -2.19. The third kappa shape index (κ3) is 2.86. The Bertz CT molecular complexity index is 674. The molecule has 0 amide bonds. The van der Waals surface area contributed by atoms with Crippen molar-refractivity contribution in [2.24, 2.45) is 0 Å². The number of anilines is 1. The van der Waals surface area contributed by atoms with Crippen molar-refractivity contribution in [3.05, 3.63) is 35.3 Å². The summed E-state index contributed by atoms with van der Waals surface area (Å²) in [6, 6.07) is 4.98. The quantitative estimate of drug-likeness (QED) is 0.929. The topological polar surface area (TPSA) is 52.0 Å². The van der Waals surface area contributed by atoms with E-state index in [-0.39, 0.29) is 5.82 Å². The summed E-state index contributed by atoms with van der Waals surface area (Å²) in [7, 11) is 3.95. The predicted molar refractivity (Wildman–Crippen MR) is 78.2 cm³/mol. The average Bonchev–Trinajstić information content (AvgIpc) is 2.38. The first-order chi connectivity index (χ1) is 9.52. The molecule has 0 unspecified atom stereocenters. The molecule has 0 atom stereocenters. The zero-order valence-corrected chi connectivity index (χ0v) is 11.9. The fraction of sp³-hybridized carbons (Fsp3) is 0.333. The van der Waals surface area contributed by atoms with Gasteiger partial charge in [0, 0.05) is 24.7 Å². The maximum atomic E-state index is 13.6. The van der Waals surface area contributed by atoms with Crippen molar-refractivity contribution in [2.45, 2.75) is 6.92 Å². The zero-order valence-electron chi connectivity index (χ0n) is 11.9. The number of likely N-dealkylation sites (N-methyl/N-ethyl adjacent to an activating group) is 1. The van der Waals surface area contributed by atoms with Gasteiger partial charge in [-0.05, 0) is 38.7 Å². The van der Waals surface area contributed by atoms with Gasteiger partial charge in [-0.2, -0.15) is 5.26 Å². The van der Waals surface area contributed by atoms with E-state index in [1.54, 1.807) is 0 Å². The van der Waals surface area contributed by atoms with Gasteiger partial charge in [-0.15, -0.1) is 0 Å². The number of fused-ring (bicyclic) bond motifs is 1. The second-order valence-electron chi connectivity index (χ2n) is 5.01. The second kappa shape index (κ2) is 5.85. The monoisotopic (exact) mass is 272 g/mol. The molecule has 0 fully saturated rings. The number of nitriles is 1. The van der Waals surface area contributed by atoms with Crippen molar-refractivity contribution >= 4 is 16.6 Å². The summed E-state index contributed by atoms with van der Waals surface area (Å²) in [6.45, 7) is 3.31. The van der Waals surface area contributed by atoms with E-state index in [2.05, 4.69) is 16.4 Å². The molecule has 20 heavy (non-hydrogen) atoms. The number of halogens is 1. The van der Waals surface area contributed by atoms with Crippen LogP contribution in [0.2, 0.25) is 0 Å². The minimum Gasteiger partial charge on any atom is -0.382 e. The molecule has 0 bridgehead atoms. The van der Waals surface area contributed by atoms with Crippen molar-refractivity contribution < 1.29 is 4.39 Å². The van der Waals surface area contributed by atoms with Crippen molar-refractivity contribution in [1.29, 1.82) is 5.26 Å². The molecule has 104 valence electrons. The lowest BCUT2D eigenvalue weighted by atomic mass is 10.1. The van der Waals surface area contributed by atoms with Crippen molar-refractivity contribution in [3.8, 4) is 6.07 Å². The maximum Gasteiger partial charge on any atom is 0.124 e. The number of aryl methyl sites for hydroxylation is 1. The fourth-order valence-electron chi connectivity index (χ4n) is 2.12. The van der Waals surface area contributed by atoms with E-state index in [4.69, 9.17) is 0 Å². The summed E-state index contributed by atoms with van der Waals surface area (Å²) >= 11 is 0. The number of nitrogens with one attached hydrogen (secondary N) is 1. The third-order valence-electron chi connectivity index (χ3n) is 3.11. The smallest absolute Gasteiger partial charge is 0.124 e. The van der Waals surface area contributed by atoms with Gasteiger partial charge in [0.2, 0.25) is 0 Å². The van der Waals surface area contributed by atoms with E-state index in [0.717, 1.165) is 17.6 Å². The van der Waals surface area contributed by atoms with Crippen LogP contribution in [0, 0.1) is 24.1 Å². The Kier molecular flexibility index (Phi) is 4.16. The molecular formula is C15H17FN4. The Labute approximate surface area is 117 Å². The lowest BCUT2D eigenvalue weighted by Crippen LogP contribution is -2.21. The number of hydrogen-bond donors (Lipinski definition) is 1. The van der Waals surface area contributed by atoms with Gasteiger partial charge < -0.3 is 10.2 Å². The molecule has 1 aromatic heterocycles. The molecule has 2 aromatic rings. The van der Waals surface area contributed by atoms with Crippen LogP contribution in [0.3, 0.4) is 0 Å². The first kappa shape index (κ1) is 14.2. The Morgan fingerprint density at radius 1 is 1.40 bits per heavy atom. The van der Waals surface area contributed by atoms with Crippen molar-refractivity contribution in [2.75, 3.05) is 32.5 Å². The fourth-order valence-corrected chi connectivity index (χ4v) is 2.12. The van der Waals surface area contributed by atoms with Gasteiger partial charge in [0.05, 0.1) is 16.8 Å². The molecule has 0 radical (unpaired) electrons.